The maximum atomic E-state index is 12.4. The van der Waals surface area contributed by atoms with Crippen molar-refractivity contribution in [2.45, 2.75) is 46.1 Å². The Morgan fingerprint density at radius 3 is 2.50 bits per heavy atom. The second-order valence-electron chi connectivity index (χ2n) is 7.46. The number of ether oxygens (including phenoxy) is 1. The zero-order valence-electron chi connectivity index (χ0n) is 16.0. The van der Waals surface area contributed by atoms with Crippen molar-refractivity contribution in [2.24, 2.45) is 5.92 Å². The van der Waals surface area contributed by atoms with Crippen molar-refractivity contribution in [3.63, 3.8) is 0 Å². The number of piperidine rings is 1. The summed E-state index contributed by atoms with van der Waals surface area (Å²) in [6.07, 6.45) is 5.95. The highest BCUT2D eigenvalue weighted by Crippen LogP contribution is 2.21. The van der Waals surface area contributed by atoms with Gasteiger partial charge in [-0.3, -0.25) is 4.79 Å². The molecule has 0 aliphatic carbocycles. The van der Waals surface area contributed by atoms with E-state index in [1.165, 1.54) is 5.56 Å². The summed E-state index contributed by atoms with van der Waals surface area (Å²) in [6, 6.07) is 8.02. The van der Waals surface area contributed by atoms with E-state index in [1.807, 2.05) is 36.4 Å². The molecule has 0 N–H and O–H groups in total. The van der Waals surface area contributed by atoms with Crippen LogP contribution in [0.25, 0.3) is 0 Å². The lowest BCUT2D eigenvalue weighted by Gasteiger charge is -2.32. The zero-order chi connectivity index (χ0) is 18.5. The van der Waals surface area contributed by atoms with Crippen LogP contribution in [-0.4, -0.2) is 40.1 Å². The standard InChI is InChI=1S/C21H29N3O2/c1-16(2)19-4-6-20(7-5-19)26-15-21(25)23-11-8-18(9-12-23)14-24-13-10-22-17(24)3/h4-7,10,13,16,18H,8-9,11-12,14-15H2,1-3H3. The molecule has 5 heteroatoms. The van der Waals surface area contributed by atoms with Crippen molar-refractivity contribution >= 4 is 5.91 Å². The predicted molar refractivity (Wildman–Crippen MR) is 102 cm³/mol. The smallest absolute Gasteiger partial charge is 0.260 e. The molecule has 140 valence electrons. The van der Waals surface area contributed by atoms with Crippen LogP contribution < -0.4 is 4.74 Å². The SMILES string of the molecule is Cc1nccn1CC1CCN(C(=O)COc2ccc(C(C)C)cc2)CC1. The molecule has 1 aromatic heterocycles. The topological polar surface area (TPSA) is 47.4 Å². The minimum absolute atomic E-state index is 0.0789. The summed E-state index contributed by atoms with van der Waals surface area (Å²) in [5.41, 5.74) is 1.28. The average Bonchev–Trinajstić information content (AvgIpc) is 3.05. The number of hydrogen-bond acceptors (Lipinski definition) is 3. The van der Waals surface area contributed by atoms with Gasteiger partial charge in [-0.05, 0) is 49.3 Å². The van der Waals surface area contributed by atoms with Crippen LogP contribution in [0.4, 0.5) is 0 Å². The number of aryl methyl sites for hydroxylation is 1. The van der Waals surface area contributed by atoms with Gasteiger partial charge in [-0.15, -0.1) is 0 Å². The Kier molecular flexibility index (Phi) is 5.96. The summed E-state index contributed by atoms with van der Waals surface area (Å²) < 4.78 is 7.88. The number of carbonyl (C=O) groups is 1. The van der Waals surface area contributed by atoms with Crippen LogP contribution in [-0.2, 0) is 11.3 Å². The van der Waals surface area contributed by atoms with Gasteiger partial charge in [0, 0.05) is 32.0 Å². The first kappa shape index (κ1) is 18.5. The lowest BCUT2D eigenvalue weighted by molar-refractivity contribution is -0.134. The summed E-state index contributed by atoms with van der Waals surface area (Å²) in [6.45, 7) is 9.09. The van der Waals surface area contributed by atoms with Gasteiger partial charge in [0.05, 0.1) is 0 Å². The van der Waals surface area contributed by atoms with E-state index < -0.39 is 0 Å². The molecule has 2 heterocycles. The Morgan fingerprint density at radius 2 is 1.92 bits per heavy atom. The van der Waals surface area contributed by atoms with Gasteiger partial charge in [0.25, 0.3) is 5.91 Å². The van der Waals surface area contributed by atoms with E-state index in [1.54, 1.807) is 0 Å². The summed E-state index contributed by atoms with van der Waals surface area (Å²) in [5.74, 6) is 3.00. The fourth-order valence-electron chi connectivity index (χ4n) is 3.43. The molecule has 1 amide bonds. The Labute approximate surface area is 156 Å². The first-order valence-corrected chi connectivity index (χ1v) is 9.51. The third-order valence-electron chi connectivity index (χ3n) is 5.25. The van der Waals surface area contributed by atoms with Gasteiger partial charge in [0.2, 0.25) is 0 Å². The molecule has 2 aromatic rings. The molecule has 26 heavy (non-hydrogen) atoms. The molecule has 5 nitrogen and oxygen atoms in total. The molecule has 1 aliphatic rings. The van der Waals surface area contributed by atoms with Crippen LogP contribution in [0.3, 0.4) is 0 Å². The van der Waals surface area contributed by atoms with Crippen molar-refractivity contribution in [3.05, 3.63) is 48.0 Å². The van der Waals surface area contributed by atoms with E-state index in [9.17, 15) is 4.79 Å². The molecule has 1 fully saturated rings. The maximum absolute atomic E-state index is 12.4. The molecule has 3 rings (SSSR count). The minimum Gasteiger partial charge on any atom is -0.484 e. The molecular formula is C21H29N3O2. The van der Waals surface area contributed by atoms with E-state index in [0.29, 0.717) is 11.8 Å². The van der Waals surface area contributed by atoms with Crippen LogP contribution in [0.2, 0.25) is 0 Å². The zero-order valence-corrected chi connectivity index (χ0v) is 16.0. The number of imidazole rings is 1. The van der Waals surface area contributed by atoms with Gasteiger partial charge in [-0.25, -0.2) is 4.98 Å². The largest absolute Gasteiger partial charge is 0.484 e. The van der Waals surface area contributed by atoms with E-state index in [4.69, 9.17) is 4.74 Å². The van der Waals surface area contributed by atoms with Crippen molar-refractivity contribution in [3.8, 4) is 5.75 Å². The van der Waals surface area contributed by atoms with E-state index in [-0.39, 0.29) is 12.5 Å². The number of amides is 1. The van der Waals surface area contributed by atoms with Gasteiger partial charge in [-0.1, -0.05) is 26.0 Å². The van der Waals surface area contributed by atoms with E-state index in [2.05, 4.69) is 35.5 Å². The highest BCUT2D eigenvalue weighted by atomic mass is 16.5. The summed E-state index contributed by atoms with van der Waals surface area (Å²) in [7, 11) is 0. The molecule has 0 atom stereocenters. The summed E-state index contributed by atoms with van der Waals surface area (Å²) >= 11 is 0. The number of likely N-dealkylation sites (tertiary alicyclic amines) is 1. The van der Waals surface area contributed by atoms with Crippen LogP contribution in [0.5, 0.6) is 5.75 Å². The van der Waals surface area contributed by atoms with Gasteiger partial charge in [0.1, 0.15) is 11.6 Å². The normalized spacial score (nSPS) is 15.5. The summed E-state index contributed by atoms with van der Waals surface area (Å²) in [4.78, 5) is 18.6. The Morgan fingerprint density at radius 1 is 1.23 bits per heavy atom. The third kappa shape index (κ3) is 4.65. The number of benzene rings is 1. The number of carbonyl (C=O) groups excluding carboxylic acids is 1. The van der Waals surface area contributed by atoms with Crippen LogP contribution in [0.1, 0.15) is 44.0 Å². The minimum atomic E-state index is 0.0789. The molecule has 1 saturated heterocycles. The van der Waals surface area contributed by atoms with Gasteiger partial charge < -0.3 is 14.2 Å². The molecule has 0 spiro atoms. The molecule has 1 aromatic carbocycles. The fourth-order valence-corrected chi connectivity index (χ4v) is 3.43. The fraction of sp³-hybridized carbons (Fsp3) is 0.524. The van der Waals surface area contributed by atoms with Crippen molar-refractivity contribution in [2.75, 3.05) is 19.7 Å². The number of rotatable bonds is 6. The maximum Gasteiger partial charge on any atom is 0.260 e. The van der Waals surface area contributed by atoms with Gasteiger partial charge in [-0.2, -0.15) is 0 Å². The molecule has 0 radical (unpaired) electrons. The van der Waals surface area contributed by atoms with Gasteiger partial charge in [0.15, 0.2) is 6.61 Å². The Bertz CT molecular complexity index is 713. The second-order valence-corrected chi connectivity index (χ2v) is 7.46. The van der Waals surface area contributed by atoms with Crippen LogP contribution >= 0.6 is 0 Å². The first-order chi connectivity index (χ1) is 12.5. The lowest BCUT2D eigenvalue weighted by atomic mass is 9.96. The highest BCUT2D eigenvalue weighted by molar-refractivity contribution is 5.77. The monoisotopic (exact) mass is 355 g/mol. The highest BCUT2D eigenvalue weighted by Gasteiger charge is 2.23. The number of nitrogens with zero attached hydrogens (tertiary/aromatic N) is 3. The molecule has 1 aliphatic heterocycles. The second kappa shape index (κ2) is 8.39. The lowest BCUT2D eigenvalue weighted by Crippen LogP contribution is -2.41. The van der Waals surface area contributed by atoms with E-state index >= 15 is 0 Å². The Balaban J connectivity index is 1.42. The predicted octanol–water partition coefficient (Wildman–Crippen LogP) is 3.63. The molecule has 0 bridgehead atoms. The number of hydrogen-bond donors (Lipinski definition) is 0. The Hall–Kier alpha value is -2.30. The number of aromatic nitrogens is 2. The molecule has 0 saturated carbocycles. The molecular weight excluding hydrogens is 326 g/mol. The van der Waals surface area contributed by atoms with Crippen LogP contribution in [0.15, 0.2) is 36.7 Å². The van der Waals surface area contributed by atoms with Crippen molar-refractivity contribution in [1.29, 1.82) is 0 Å². The molecule has 0 unspecified atom stereocenters. The van der Waals surface area contributed by atoms with E-state index in [0.717, 1.165) is 44.0 Å². The van der Waals surface area contributed by atoms with Crippen LogP contribution in [0, 0.1) is 12.8 Å². The summed E-state index contributed by atoms with van der Waals surface area (Å²) in [5, 5.41) is 0. The quantitative estimate of drug-likeness (QED) is 0.795. The van der Waals surface area contributed by atoms with Crippen molar-refractivity contribution < 1.29 is 9.53 Å². The third-order valence-corrected chi connectivity index (χ3v) is 5.25. The van der Waals surface area contributed by atoms with Crippen molar-refractivity contribution in [1.82, 2.24) is 14.5 Å². The first-order valence-electron chi connectivity index (χ1n) is 9.51. The average molecular weight is 355 g/mol. The van der Waals surface area contributed by atoms with Gasteiger partial charge >= 0.3 is 0 Å².